The molecule has 2 fully saturated rings. The minimum Gasteiger partial charge on any atom is -0.404 e. The highest BCUT2D eigenvalue weighted by molar-refractivity contribution is 5.81. The van der Waals surface area contributed by atoms with Gasteiger partial charge in [0.15, 0.2) is 5.75 Å². The van der Waals surface area contributed by atoms with Gasteiger partial charge < -0.3 is 20.3 Å². The minimum atomic E-state index is -4.71. The van der Waals surface area contributed by atoms with Crippen molar-refractivity contribution in [1.82, 2.24) is 10.6 Å². The zero-order valence-electron chi connectivity index (χ0n) is 17.1. The Morgan fingerprint density at radius 3 is 2.62 bits per heavy atom. The number of nitrogens with one attached hydrogen (secondary N) is 2. The number of fused-ring (bicyclic) bond motifs is 1. The van der Waals surface area contributed by atoms with Crippen LogP contribution in [0.5, 0.6) is 5.75 Å². The lowest BCUT2D eigenvalue weighted by Gasteiger charge is -2.28. The van der Waals surface area contributed by atoms with E-state index in [9.17, 15) is 18.0 Å². The molecule has 1 heterocycles. The number of halogens is 3. The number of rotatable bonds is 7. The lowest BCUT2D eigenvalue weighted by molar-refractivity contribution is -0.274. The number of alkyl halides is 3. The standard InChI is InChI=1S/C21H30F3N3O2/c1-13(2)10-17(20(28)25-3)26-16-9-8-14-11-27(12-15(14)16)18-6-4-5-7-19(18)29-21(22,23)24/h4-7,13-17,26H,8-12H2,1-3H3,(H,25,28)/t14-,15+,16+,17+/m1/s1. The third-order valence-electron chi connectivity index (χ3n) is 5.97. The van der Waals surface area contributed by atoms with Gasteiger partial charge in [-0.2, -0.15) is 0 Å². The number of carbonyl (C=O) groups is 1. The minimum absolute atomic E-state index is 0.0130. The van der Waals surface area contributed by atoms with E-state index in [2.05, 4.69) is 29.2 Å². The summed E-state index contributed by atoms with van der Waals surface area (Å²) >= 11 is 0. The Labute approximate surface area is 170 Å². The highest BCUT2D eigenvalue weighted by atomic mass is 19.4. The third kappa shape index (κ3) is 5.35. The van der Waals surface area contributed by atoms with E-state index in [1.807, 2.05) is 4.90 Å². The fourth-order valence-electron chi connectivity index (χ4n) is 4.75. The zero-order valence-corrected chi connectivity index (χ0v) is 17.1. The summed E-state index contributed by atoms with van der Waals surface area (Å²) in [5.74, 6) is 0.908. The average molecular weight is 413 g/mol. The van der Waals surface area contributed by atoms with Crippen LogP contribution in [0.3, 0.4) is 0 Å². The summed E-state index contributed by atoms with van der Waals surface area (Å²) in [4.78, 5) is 14.3. The number of likely N-dealkylation sites (N-methyl/N-ethyl adjacent to an activating group) is 1. The number of benzene rings is 1. The number of amides is 1. The lowest BCUT2D eigenvalue weighted by Crippen LogP contribution is -2.50. The van der Waals surface area contributed by atoms with Crippen LogP contribution in [0.15, 0.2) is 24.3 Å². The first-order valence-corrected chi connectivity index (χ1v) is 10.2. The number of nitrogens with zero attached hydrogens (tertiary/aromatic N) is 1. The van der Waals surface area contributed by atoms with Gasteiger partial charge in [0.05, 0.1) is 11.7 Å². The first-order chi connectivity index (χ1) is 13.7. The van der Waals surface area contributed by atoms with Crippen molar-refractivity contribution in [3.63, 3.8) is 0 Å². The van der Waals surface area contributed by atoms with E-state index in [-0.39, 0.29) is 23.7 Å². The van der Waals surface area contributed by atoms with E-state index in [0.29, 0.717) is 36.5 Å². The topological polar surface area (TPSA) is 53.6 Å². The lowest BCUT2D eigenvalue weighted by atomic mass is 9.95. The maximum Gasteiger partial charge on any atom is 0.573 e. The Bertz CT molecular complexity index is 711. The second-order valence-electron chi connectivity index (χ2n) is 8.49. The molecule has 0 spiro atoms. The smallest absolute Gasteiger partial charge is 0.404 e. The van der Waals surface area contributed by atoms with E-state index in [1.54, 1.807) is 25.2 Å². The van der Waals surface area contributed by atoms with Gasteiger partial charge in [-0.25, -0.2) is 0 Å². The third-order valence-corrected chi connectivity index (χ3v) is 5.97. The number of hydrogen-bond donors (Lipinski definition) is 2. The largest absolute Gasteiger partial charge is 0.573 e. The first kappa shape index (κ1) is 21.7. The molecule has 0 bridgehead atoms. The zero-order chi connectivity index (χ0) is 21.2. The molecule has 1 aliphatic heterocycles. The van der Waals surface area contributed by atoms with Crippen LogP contribution >= 0.6 is 0 Å². The van der Waals surface area contributed by atoms with Crippen LogP contribution in [0.1, 0.15) is 33.1 Å². The number of ether oxygens (including phenoxy) is 1. The van der Waals surface area contributed by atoms with Gasteiger partial charge in [-0.05, 0) is 49.1 Å². The Morgan fingerprint density at radius 1 is 1.24 bits per heavy atom. The van der Waals surface area contributed by atoms with Crippen molar-refractivity contribution >= 4 is 11.6 Å². The van der Waals surface area contributed by atoms with E-state index in [0.717, 1.165) is 19.3 Å². The molecular formula is C21H30F3N3O2. The van der Waals surface area contributed by atoms with Crippen molar-refractivity contribution in [3.8, 4) is 5.75 Å². The summed E-state index contributed by atoms with van der Waals surface area (Å²) in [7, 11) is 1.64. The molecule has 162 valence electrons. The summed E-state index contributed by atoms with van der Waals surface area (Å²) in [5, 5.41) is 6.28. The molecule has 1 aliphatic carbocycles. The van der Waals surface area contributed by atoms with Gasteiger partial charge in [0.1, 0.15) is 0 Å². The molecule has 0 radical (unpaired) electrons. The summed E-state index contributed by atoms with van der Waals surface area (Å²) in [5.41, 5.74) is 0.475. The predicted octanol–water partition coefficient (Wildman–Crippen LogP) is 3.55. The maximum atomic E-state index is 12.8. The van der Waals surface area contributed by atoms with E-state index < -0.39 is 6.36 Å². The molecule has 1 aromatic rings. The van der Waals surface area contributed by atoms with Crippen LogP contribution in [0.2, 0.25) is 0 Å². The summed E-state index contributed by atoms with van der Waals surface area (Å²) < 4.78 is 42.5. The van der Waals surface area contributed by atoms with Crippen LogP contribution in [-0.4, -0.2) is 44.5 Å². The molecule has 1 aromatic carbocycles. The van der Waals surface area contributed by atoms with Gasteiger partial charge in [0, 0.05) is 26.2 Å². The maximum absolute atomic E-state index is 12.8. The molecule has 5 nitrogen and oxygen atoms in total. The van der Waals surface area contributed by atoms with Crippen LogP contribution in [-0.2, 0) is 4.79 Å². The van der Waals surface area contributed by atoms with Gasteiger partial charge in [-0.1, -0.05) is 26.0 Å². The molecule has 1 saturated carbocycles. The fraction of sp³-hybridized carbons (Fsp3) is 0.667. The second kappa shape index (κ2) is 8.81. The van der Waals surface area contributed by atoms with Crippen molar-refractivity contribution in [3.05, 3.63) is 24.3 Å². The molecule has 2 N–H and O–H groups in total. The molecule has 2 aliphatic rings. The SMILES string of the molecule is CNC(=O)[C@H](CC(C)C)N[C@H]1CC[C@@H]2CN(c3ccccc3OC(F)(F)F)C[C@@H]21. The van der Waals surface area contributed by atoms with Crippen LogP contribution in [0.25, 0.3) is 0 Å². The molecule has 3 rings (SSSR count). The van der Waals surface area contributed by atoms with E-state index in [1.165, 1.54) is 6.07 Å². The molecule has 0 aromatic heterocycles. The van der Waals surface area contributed by atoms with E-state index in [4.69, 9.17) is 0 Å². The monoisotopic (exact) mass is 413 g/mol. The first-order valence-electron chi connectivity index (χ1n) is 10.2. The molecule has 8 heteroatoms. The van der Waals surface area contributed by atoms with Gasteiger partial charge in [-0.3, -0.25) is 4.79 Å². The van der Waals surface area contributed by atoms with Crippen molar-refractivity contribution in [2.45, 2.75) is 51.6 Å². The van der Waals surface area contributed by atoms with Crippen molar-refractivity contribution < 1.29 is 22.7 Å². The predicted molar refractivity (Wildman–Crippen MR) is 106 cm³/mol. The number of anilines is 1. The van der Waals surface area contributed by atoms with Crippen LogP contribution < -0.4 is 20.3 Å². The summed E-state index contributed by atoms with van der Waals surface area (Å²) in [6.45, 7) is 5.53. The molecule has 29 heavy (non-hydrogen) atoms. The molecule has 1 saturated heterocycles. The molecule has 4 atom stereocenters. The average Bonchev–Trinajstić information content (AvgIpc) is 3.21. The van der Waals surface area contributed by atoms with Crippen LogP contribution in [0, 0.1) is 17.8 Å². The Morgan fingerprint density at radius 2 is 1.97 bits per heavy atom. The van der Waals surface area contributed by atoms with Gasteiger partial charge in [0.25, 0.3) is 0 Å². The van der Waals surface area contributed by atoms with Crippen molar-refractivity contribution in [2.24, 2.45) is 17.8 Å². The van der Waals surface area contributed by atoms with Crippen molar-refractivity contribution in [2.75, 3.05) is 25.0 Å². The van der Waals surface area contributed by atoms with E-state index >= 15 is 0 Å². The van der Waals surface area contributed by atoms with Gasteiger partial charge in [-0.15, -0.1) is 13.2 Å². The van der Waals surface area contributed by atoms with Crippen LogP contribution in [0.4, 0.5) is 18.9 Å². The van der Waals surface area contributed by atoms with Crippen molar-refractivity contribution in [1.29, 1.82) is 0 Å². The van der Waals surface area contributed by atoms with Gasteiger partial charge >= 0.3 is 6.36 Å². The molecular weight excluding hydrogens is 383 g/mol. The summed E-state index contributed by atoms with van der Waals surface area (Å²) in [6.07, 6.45) is -1.98. The number of hydrogen-bond acceptors (Lipinski definition) is 4. The normalized spacial score (nSPS) is 25.2. The fourth-order valence-corrected chi connectivity index (χ4v) is 4.75. The second-order valence-corrected chi connectivity index (χ2v) is 8.49. The Kier molecular flexibility index (Phi) is 6.61. The quantitative estimate of drug-likeness (QED) is 0.718. The molecule has 1 amide bonds. The highest BCUT2D eigenvalue weighted by Gasteiger charge is 2.44. The summed E-state index contributed by atoms with van der Waals surface area (Å²) in [6, 6.07) is 6.24. The highest BCUT2D eigenvalue weighted by Crippen LogP contribution is 2.43. The Hall–Kier alpha value is -1.96. The number of carbonyl (C=O) groups excluding carboxylic acids is 1. The number of para-hydroxylation sites is 2. The van der Waals surface area contributed by atoms with Gasteiger partial charge in [0.2, 0.25) is 5.91 Å². The Balaban J connectivity index is 1.71. The molecule has 0 unspecified atom stereocenters.